The highest BCUT2D eigenvalue weighted by molar-refractivity contribution is 5.85. The van der Waals surface area contributed by atoms with E-state index in [1.165, 1.54) is 25.7 Å². The summed E-state index contributed by atoms with van der Waals surface area (Å²) in [6.07, 6.45) is 6.59. The zero-order valence-corrected chi connectivity index (χ0v) is 11.7. The average Bonchev–Trinajstić information content (AvgIpc) is 3.06. The Kier molecular flexibility index (Phi) is 3.05. The van der Waals surface area contributed by atoms with Gasteiger partial charge in [-0.3, -0.25) is 4.79 Å². The lowest BCUT2D eigenvalue weighted by Crippen LogP contribution is -2.20. The van der Waals surface area contributed by atoms with Crippen LogP contribution in [0.5, 0.6) is 11.5 Å². The maximum atomic E-state index is 12.1. The fraction of sp³-hybridized carbons (Fsp3) is 0.500. The summed E-state index contributed by atoms with van der Waals surface area (Å²) in [7, 11) is 0. The van der Waals surface area contributed by atoms with Gasteiger partial charge in [-0.2, -0.15) is 5.10 Å². The summed E-state index contributed by atoms with van der Waals surface area (Å²) in [6.45, 7) is 0.261. The van der Waals surface area contributed by atoms with E-state index in [1.54, 1.807) is 6.21 Å². The van der Waals surface area contributed by atoms with Crippen LogP contribution >= 0.6 is 0 Å². The Balaban J connectivity index is 1.35. The second kappa shape index (κ2) is 5.06. The first kappa shape index (κ1) is 12.7. The van der Waals surface area contributed by atoms with Gasteiger partial charge in [0.15, 0.2) is 11.5 Å². The molecule has 1 N–H and O–H groups in total. The second-order valence-electron chi connectivity index (χ2n) is 5.98. The van der Waals surface area contributed by atoms with E-state index in [0.29, 0.717) is 11.8 Å². The molecule has 0 radical (unpaired) electrons. The molecule has 1 amide bonds. The van der Waals surface area contributed by atoms with Crippen molar-refractivity contribution in [2.24, 2.45) is 22.9 Å². The van der Waals surface area contributed by atoms with Gasteiger partial charge in [0.05, 0.1) is 6.21 Å². The van der Waals surface area contributed by atoms with Crippen LogP contribution in [-0.2, 0) is 4.79 Å². The number of nitrogens with one attached hydrogen (secondary N) is 1. The molecule has 1 aromatic carbocycles. The van der Waals surface area contributed by atoms with Crippen molar-refractivity contribution in [1.29, 1.82) is 0 Å². The van der Waals surface area contributed by atoms with Crippen LogP contribution in [-0.4, -0.2) is 18.9 Å². The molecule has 21 heavy (non-hydrogen) atoms. The van der Waals surface area contributed by atoms with Crippen molar-refractivity contribution in [2.75, 3.05) is 6.79 Å². The first-order valence-electron chi connectivity index (χ1n) is 7.55. The maximum Gasteiger partial charge on any atom is 0.243 e. The number of hydrogen-bond donors (Lipinski definition) is 1. The zero-order valence-electron chi connectivity index (χ0n) is 11.7. The highest BCUT2D eigenvalue weighted by Gasteiger charge is 2.54. The van der Waals surface area contributed by atoms with E-state index in [2.05, 4.69) is 10.5 Å². The molecule has 2 saturated carbocycles. The number of fused-ring (bicyclic) bond motifs is 2. The zero-order chi connectivity index (χ0) is 14.2. The lowest BCUT2D eigenvalue weighted by Gasteiger charge is -2.04. The van der Waals surface area contributed by atoms with Gasteiger partial charge >= 0.3 is 0 Å². The van der Waals surface area contributed by atoms with Crippen LogP contribution in [0.4, 0.5) is 0 Å². The number of rotatable bonds is 3. The minimum atomic E-state index is 0.0730. The van der Waals surface area contributed by atoms with Crippen LogP contribution in [0.15, 0.2) is 23.3 Å². The molecule has 5 nitrogen and oxygen atoms in total. The van der Waals surface area contributed by atoms with Crippen molar-refractivity contribution in [3.05, 3.63) is 23.8 Å². The average molecular weight is 286 g/mol. The van der Waals surface area contributed by atoms with E-state index in [-0.39, 0.29) is 18.6 Å². The molecular weight excluding hydrogens is 268 g/mol. The van der Waals surface area contributed by atoms with Crippen LogP contribution in [0, 0.1) is 17.8 Å². The van der Waals surface area contributed by atoms with Crippen molar-refractivity contribution in [2.45, 2.75) is 25.7 Å². The predicted octanol–water partition coefficient (Wildman–Crippen LogP) is 2.30. The van der Waals surface area contributed by atoms with Crippen LogP contribution < -0.4 is 14.9 Å². The Morgan fingerprint density at radius 3 is 2.76 bits per heavy atom. The smallest absolute Gasteiger partial charge is 0.243 e. The van der Waals surface area contributed by atoms with E-state index in [1.807, 2.05) is 18.2 Å². The number of carbonyl (C=O) groups is 1. The largest absolute Gasteiger partial charge is 0.454 e. The summed E-state index contributed by atoms with van der Waals surface area (Å²) < 4.78 is 10.6. The highest BCUT2D eigenvalue weighted by Crippen LogP contribution is 2.55. The summed E-state index contributed by atoms with van der Waals surface area (Å²) in [5.74, 6) is 2.96. The fourth-order valence-electron chi connectivity index (χ4n) is 3.62. The van der Waals surface area contributed by atoms with E-state index in [9.17, 15) is 4.79 Å². The summed E-state index contributed by atoms with van der Waals surface area (Å²) in [6, 6.07) is 5.59. The molecule has 0 unspecified atom stereocenters. The van der Waals surface area contributed by atoms with Gasteiger partial charge in [-0.25, -0.2) is 5.43 Å². The van der Waals surface area contributed by atoms with Crippen molar-refractivity contribution >= 4 is 12.1 Å². The fourth-order valence-corrected chi connectivity index (χ4v) is 3.62. The third-order valence-electron chi connectivity index (χ3n) is 4.74. The maximum absolute atomic E-state index is 12.1. The van der Waals surface area contributed by atoms with Crippen LogP contribution in [0.1, 0.15) is 31.2 Å². The Hall–Kier alpha value is -2.04. The van der Waals surface area contributed by atoms with Crippen LogP contribution in [0.3, 0.4) is 0 Å². The topological polar surface area (TPSA) is 59.9 Å². The standard InChI is InChI=1S/C16H18N2O3/c19-16(15-11-3-1-2-4-12(11)15)18-17-8-10-5-6-13-14(7-10)21-9-20-13/h5-8,11-12,15H,1-4,9H2,(H,18,19)/b17-8-/t11-,12-/m1/s1. The minimum Gasteiger partial charge on any atom is -0.454 e. The van der Waals surface area contributed by atoms with E-state index in [0.717, 1.165) is 17.1 Å². The number of carbonyl (C=O) groups excluding carboxylic acids is 1. The van der Waals surface area contributed by atoms with Gasteiger partial charge in [-0.05, 0) is 48.4 Å². The van der Waals surface area contributed by atoms with Crippen LogP contribution in [0.2, 0.25) is 0 Å². The first-order valence-corrected chi connectivity index (χ1v) is 7.55. The number of benzene rings is 1. The molecular formula is C16H18N2O3. The molecule has 1 aliphatic heterocycles. The van der Waals surface area contributed by atoms with E-state index < -0.39 is 0 Å². The summed E-state index contributed by atoms with van der Waals surface area (Å²) >= 11 is 0. The quantitative estimate of drug-likeness (QED) is 0.685. The lowest BCUT2D eigenvalue weighted by molar-refractivity contribution is -0.122. The molecule has 1 heterocycles. The molecule has 5 heteroatoms. The molecule has 2 atom stereocenters. The van der Waals surface area contributed by atoms with Gasteiger partial charge in [0.2, 0.25) is 12.7 Å². The van der Waals surface area contributed by atoms with Crippen molar-refractivity contribution in [3.8, 4) is 11.5 Å². The normalized spacial score (nSPS) is 29.2. The van der Waals surface area contributed by atoms with Gasteiger partial charge in [-0.15, -0.1) is 0 Å². The SMILES string of the molecule is O=C(N/N=C\c1ccc2c(c1)OCO2)C1[C@@H]2CCCC[C@@H]12. The molecule has 1 aromatic rings. The number of amides is 1. The molecule has 4 rings (SSSR count). The molecule has 2 aliphatic carbocycles. The van der Waals surface area contributed by atoms with Crippen molar-refractivity contribution < 1.29 is 14.3 Å². The second-order valence-corrected chi connectivity index (χ2v) is 5.98. The third kappa shape index (κ3) is 2.37. The monoisotopic (exact) mass is 286 g/mol. The molecule has 0 spiro atoms. The van der Waals surface area contributed by atoms with Crippen molar-refractivity contribution in [3.63, 3.8) is 0 Å². The Morgan fingerprint density at radius 2 is 1.95 bits per heavy atom. The van der Waals surface area contributed by atoms with Crippen LogP contribution in [0.25, 0.3) is 0 Å². The van der Waals surface area contributed by atoms with Gasteiger partial charge in [0.25, 0.3) is 0 Å². The molecule has 110 valence electrons. The summed E-state index contributed by atoms with van der Waals surface area (Å²) in [5.41, 5.74) is 3.56. The van der Waals surface area contributed by atoms with Gasteiger partial charge in [-0.1, -0.05) is 12.8 Å². The molecule has 3 aliphatic rings. The lowest BCUT2D eigenvalue weighted by atomic mass is 10.0. The summed E-state index contributed by atoms with van der Waals surface area (Å²) in [5, 5.41) is 4.07. The predicted molar refractivity (Wildman–Crippen MR) is 77.2 cm³/mol. The number of ether oxygens (including phenoxy) is 2. The van der Waals surface area contributed by atoms with Gasteiger partial charge < -0.3 is 9.47 Å². The molecule has 0 saturated heterocycles. The first-order chi connectivity index (χ1) is 10.3. The van der Waals surface area contributed by atoms with Gasteiger partial charge in [0, 0.05) is 5.92 Å². The number of hydrazone groups is 1. The molecule has 0 bridgehead atoms. The highest BCUT2D eigenvalue weighted by atomic mass is 16.7. The van der Waals surface area contributed by atoms with E-state index >= 15 is 0 Å². The van der Waals surface area contributed by atoms with Gasteiger partial charge in [0.1, 0.15) is 0 Å². The Bertz CT molecular complexity index is 587. The summed E-state index contributed by atoms with van der Waals surface area (Å²) in [4.78, 5) is 12.1. The number of hydrogen-bond acceptors (Lipinski definition) is 4. The molecule has 0 aromatic heterocycles. The van der Waals surface area contributed by atoms with E-state index in [4.69, 9.17) is 9.47 Å². The number of nitrogens with zero attached hydrogens (tertiary/aromatic N) is 1. The van der Waals surface area contributed by atoms with Crippen molar-refractivity contribution in [1.82, 2.24) is 5.43 Å². The Morgan fingerprint density at radius 1 is 1.19 bits per heavy atom. The molecule has 2 fully saturated rings. The minimum absolute atomic E-state index is 0.0730. The third-order valence-corrected chi connectivity index (χ3v) is 4.74. The Labute approximate surface area is 123 Å².